The SMILES string of the molecule is C[C@@H]1c2cccc(C(=O)Nc3cccc(C(N)=O)c3)c2O[C@@H]1C. The van der Waals surface area contributed by atoms with Crippen LogP contribution in [0.15, 0.2) is 42.5 Å². The molecule has 3 rings (SSSR count). The number of carbonyl (C=O) groups excluding carboxylic acids is 2. The molecule has 2 aromatic carbocycles. The number of anilines is 1. The van der Waals surface area contributed by atoms with Crippen molar-refractivity contribution in [2.75, 3.05) is 5.32 Å². The fourth-order valence-electron chi connectivity index (χ4n) is 2.71. The second-order valence-corrected chi connectivity index (χ2v) is 5.73. The average molecular weight is 310 g/mol. The lowest BCUT2D eigenvalue weighted by molar-refractivity contribution is 0.0995. The summed E-state index contributed by atoms with van der Waals surface area (Å²) in [6, 6.07) is 12.1. The zero-order valence-electron chi connectivity index (χ0n) is 13.0. The first-order chi connectivity index (χ1) is 11.0. The van der Waals surface area contributed by atoms with Gasteiger partial charge in [-0.05, 0) is 31.2 Å². The van der Waals surface area contributed by atoms with Crippen molar-refractivity contribution >= 4 is 17.5 Å². The van der Waals surface area contributed by atoms with Crippen LogP contribution >= 0.6 is 0 Å². The number of nitrogens with one attached hydrogen (secondary N) is 1. The fourth-order valence-corrected chi connectivity index (χ4v) is 2.71. The molecular weight excluding hydrogens is 292 g/mol. The molecule has 0 radical (unpaired) electrons. The molecule has 1 aliphatic rings. The third kappa shape index (κ3) is 2.77. The second kappa shape index (κ2) is 5.76. The smallest absolute Gasteiger partial charge is 0.259 e. The minimum absolute atomic E-state index is 0.0390. The number of ether oxygens (including phenoxy) is 1. The molecule has 0 fully saturated rings. The summed E-state index contributed by atoms with van der Waals surface area (Å²) >= 11 is 0. The van der Waals surface area contributed by atoms with E-state index < -0.39 is 5.91 Å². The lowest BCUT2D eigenvalue weighted by Gasteiger charge is -2.10. The molecule has 0 saturated heterocycles. The maximum Gasteiger partial charge on any atom is 0.259 e. The summed E-state index contributed by atoms with van der Waals surface area (Å²) in [5.41, 5.74) is 7.65. The molecule has 0 saturated carbocycles. The lowest BCUT2D eigenvalue weighted by atomic mass is 9.97. The van der Waals surface area contributed by atoms with Crippen LogP contribution < -0.4 is 15.8 Å². The minimum Gasteiger partial charge on any atom is -0.489 e. The molecule has 3 N–H and O–H groups in total. The predicted molar refractivity (Wildman–Crippen MR) is 87.9 cm³/mol. The van der Waals surface area contributed by atoms with Gasteiger partial charge in [-0.3, -0.25) is 9.59 Å². The summed E-state index contributed by atoms with van der Waals surface area (Å²) in [6.07, 6.45) is 0.0390. The van der Waals surface area contributed by atoms with Gasteiger partial charge in [0.05, 0.1) is 5.56 Å². The summed E-state index contributed by atoms with van der Waals surface area (Å²) in [7, 11) is 0. The highest BCUT2D eigenvalue weighted by molar-refractivity contribution is 6.07. The van der Waals surface area contributed by atoms with Gasteiger partial charge in [-0.2, -0.15) is 0 Å². The number of amides is 2. The maximum atomic E-state index is 12.6. The van der Waals surface area contributed by atoms with Gasteiger partial charge < -0.3 is 15.8 Å². The predicted octanol–water partition coefficient (Wildman–Crippen LogP) is 2.92. The molecule has 23 heavy (non-hydrogen) atoms. The summed E-state index contributed by atoms with van der Waals surface area (Å²) in [5, 5.41) is 2.79. The zero-order valence-corrected chi connectivity index (χ0v) is 13.0. The summed E-state index contributed by atoms with van der Waals surface area (Å²) in [5.74, 6) is 0.0736. The highest BCUT2D eigenvalue weighted by atomic mass is 16.5. The van der Waals surface area contributed by atoms with Gasteiger partial charge >= 0.3 is 0 Å². The van der Waals surface area contributed by atoms with Crippen LogP contribution in [0.25, 0.3) is 0 Å². The Bertz CT molecular complexity index is 786. The Morgan fingerprint density at radius 3 is 2.61 bits per heavy atom. The lowest BCUT2D eigenvalue weighted by Crippen LogP contribution is -2.15. The highest BCUT2D eigenvalue weighted by Crippen LogP contribution is 2.40. The van der Waals surface area contributed by atoms with E-state index in [9.17, 15) is 9.59 Å². The number of carbonyl (C=O) groups is 2. The molecule has 0 spiro atoms. The van der Waals surface area contributed by atoms with Crippen LogP contribution in [0.4, 0.5) is 5.69 Å². The number of hydrogen-bond acceptors (Lipinski definition) is 3. The Morgan fingerprint density at radius 1 is 1.13 bits per heavy atom. The quantitative estimate of drug-likeness (QED) is 0.914. The van der Waals surface area contributed by atoms with Gasteiger partial charge in [0.2, 0.25) is 5.91 Å². The van der Waals surface area contributed by atoms with Crippen molar-refractivity contribution in [2.24, 2.45) is 5.73 Å². The van der Waals surface area contributed by atoms with E-state index in [0.29, 0.717) is 22.6 Å². The first-order valence-electron chi connectivity index (χ1n) is 7.48. The zero-order chi connectivity index (χ0) is 16.6. The monoisotopic (exact) mass is 310 g/mol. The molecule has 2 aromatic rings. The van der Waals surface area contributed by atoms with Crippen molar-refractivity contribution in [1.82, 2.24) is 0 Å². The van der Waals surface area contributed by atoms with E-state index in [0.717, 1.165) is 5.56 Å². The number of primary amides is 1. The fraction of sp³-hybridized carbons (Fsp3) is 0.222. The molecule has 1 aliphatic heterocycles. The largest absolute Gasteiger partial charge is 0.489 e. The summed E-state index contributed by atoms with van der Waals surface area (Å²) in [6.45, 7) is 4.07. The Kier molecular flexibility index (Phi) is 3.78. The maximum absolute atomic E-state index is 12.6. The van der Waals surface area contributed by atoms with Crippen LogP contribution in [-0.4, -0.2) is 17.9 Å². The van der Waals surface area contributed by atoms with Crippen molar-refractivity contribution in [3.63, 3.8) is 0 Å². The molecule has 118 valence electrons. The Morgan fingerprint density at radius 2 is 1.87 bits per heavy atom. The van der Waals surface area contributed by atoms with Crippen LogP contribution in [0.3, 0.4) is 0 Å². The topological polar surface area (TPSA) is 81.4 Å². The van der Waals surface area contributed by atoms with Crippen LogP contribution in [0.5, 0.6) is 5.75 Å². The van der Waals surface area contributed by atoms with Crippen molar-refractivity contribution < 1.29 is 14.3 Å². The number of fused-ring (bicyclic) bond motifs is 1. The van der Waals surface area contributed by atoms with E-state index in [4.69, 9.17) is 10.5 Å². The number of nitrogens with two attached hydrogens (primary N) is 1. The molecule has 0 aliphatic carbocycles. The van der Waals surface area contributed by atoms with Crippen molar-refractivity contribution in [2.45, 2.75) is 25.9 Å². The number of hydrogen-bond donors (Lipinski definition) is 2. The molecule has 5 nitrogen and oxygen atoms in total. The number of benzene rings is 2. The van der Waals surface area contributed by atoms with Gasteiger partial charge in [0, 0.05) is 22.7 Å². The van der Waals surface area contributed by atoms with Crippen molar-refractivity contribution in [1.29, 1.82) is 0 Å². The first-order valence-corrected chi connectivity index (χ1v) is 7.48. The third-order valence-electron chi connectivity index (χ3n) is 4.19. The van der Waals surface area contributed by atoms with Gasteiger partial charge in [0.15, 0.2) is 0 Å². The van der Waals surface area contributed by atoms with Crippen LogP contribution in [0.2, 0.25) is 0 Å². The molecule has 5 heteroatoms. The molecule has 2 amide bonds. The van der Waals surface area contributed by atoms with Crippen molar-refractivity contribution in [3.05, 3.63) is 59.2 Å². The van der Waals surface area contributed by atoms with E-state index in [1.54, 1.807) is 30.3 Å². The number of rotatable bonds is 3. The number of para-hydroxylation sites is 1. The van der Waals surface area contributed by atoms with Crippen LogP contribution in [0, 0.1) is 0 Å². The van der Waals surface area contributed by atoms with Crippen LogP contribution in [0.1, 0.15) is 46.0 Å². The van der Waals surface area contributed by atoms with E-state index in [2.05, 4.69) is 12.2 Å². The van der Waals surface area contributed by atoms with E-state index in [1.807, 2.05) is 19.1 Å². The normalized spacial score (nSPS) is 18.9. The molecule has 2 atom stereocenters. The van der Waals surface area contributed by atoms with Crippen molar-refractivity contribution in [3.8, 4) is 5.75 Å². The first kappa shape index (κ1) is 15.1. The van der Waals surface area contributed by atoms with E-state index in [1.165, 1.54) is 0 Å². The average Bonchev–Trinajstić information content (AvgIpc) is 2.82. The molecule has 0 bridgehead atoms. The third-order valence-corrected chi connectivity index (χ3v) is 4.19. The summed E-state index contributed by atoms with van der Waals surface area (Å²) < 4.78 is 5.84. The Labute approximate surface area is 134 Å². The Balaban J connectivity index is 1.88. The van der Waals surface area contributed by atoms with E-state index in [-0.39, 0.29) is 17.9 Å². The van der Waals surface area contributed by atoms with Gasteiger partial charge in [-0.1, -0.05) is 25.1 Å². The van der Waals surface area contributed by atoms with Gasteiger partial charge in [0.1, 0.15) is 11.9 Å². The molecule has 0 unspecified atom stereocenters. The highest BCUT2D eigenvalue weighted by Gasteiger charge is 2.31. The Hall–Kier alpha value is -2.82. The molecule has 1 heterocycles. The summed E-state index contributed by atoms with van der Waals surface area (Å²) in [4.78, 5) is 23.8. The second-order valence-electron chi connectivity index (χ2n) is 5.73. The minimum atomic E-state index is -0.535. The van der Waals surface area contributed by atoms with E-state index >= 15 is 0 Å². The van der Waals surface area contributed by atoms with Crippen LogP contribution in [-0.2, 0) is 0 Å². The molecule has 0 aromatic heterocycles. The van der Waals surface area contributed by atoms with Gasteiger partial charge in [0.25, 0.3) is 5.91 Å². The standard InChI is InChI=1S/C18H18N2O3/c1-10-11(2)23-16-14(10)7-4-8-15(16)18(22)20-13-6-3-5-12(9-13)17(19)21/h3-11H,1-2H3,(H2,19,21)(H,20,22)/t10-,11+/m0/s1. The van der Waals surface area contributed by atoms with Gasteiger partial charge in [-0.15, -0.1) is 0 Å². The van der Waals surface area contributed by atoms with Gasteiger partial charge in [-0.25, -0.2) is 0 Å². The molecular formula is C18H18N2O3.